The third kappa shape index (κ3) is 7.75. The summed E-state index contributed by atoms with van der Waals surface area (Å²) in [5.41, 5.74) is 1.97. The van der Waals surface area contributed by atoms with Gasteiger partial charge in [0.25, 0.3) is 11.8 Å². The van der Waals surface area contributed by atoms with Crippen molar-refractivity contribution in [2.24, 2.45) is 5.92 Å². The largest absolute Gasteiger partial charge is 0.446 e. The Kier molecular flexibility index (Phi) is 9.80. The summed E-state index contributed by atoms with van der Waals surface area (Å²) in [7, 11) is 0. The lowest BCUT2D eigenvalue weighted by Crippen LogP contribution is -2.46. The van der Waals surface area contributed by atoms with Crippen molar-refractivity contribution in [3.63, 3.8) is 0 Å². The van der Waals surface area contributed by atoms with E-state index in [0.717, 1.165) is 11.1 Å². The molecular formula is C32H34N6O5S. The van der Waals surface area contributed by atoms with Crippen LogP contribution in [0.3, 0.4) is 0 Å². The molecule has 1 aliphatic rings. The maximum Gasteiger partial charge on any atom is 0.273 e. The lowest BCUT2D eigenvalue weighted by molar-refractivity contribution is -0.135. The average Bonchev–Trinajstić information content (AvgIpc) is 3.71. The standard InChI is InChI=1S/C32H34N6O5S/c1-20(2)28-32-36-25(19-44-32)30(42)34-23(15-21-9-5-3-6-10-21)31-35-24(18-43-31)29(41)33-13-14-38(17-26(39)37-28)27(40)16-22-11-7-4-8-12-22/h3-12,18-20,23,28H,13-17H2,1-2H3,(H,33,41)(H,34,42)(H,37,39)/t23-,28-/m0/s1. The van der Waals surface area contributed by atoms with Crippen molar-refractivity contribution in [2.45, 2.75) is 38.8 Å². The molecule has 3 N–H and O–H groups in total. The summed E-state index contributed by atoms with van der Waals surface area (Å²) in [6.07, 6.45) is 1.72. The number of amides is 4. The highest BCUT2D eigenvalue weighted by Crippen LogP contribution is 2.26. The molecule has 0 fully saturated rings. The van der Waals surface area contributed by atoms with Gasteiger partial charge in [-0.3, -0.25) is 19.2 Å². The number of carbonyl (C=O) groups excluding carboxylic acids is 4. The number of oxazole rings is 1. The Morgan fingerprint density at radius 2 is 1.66 bits per heavy atom. The van der Waals surface area contributed by atoms with E-state index in [2.05, 4.69) is 25.9 Å². The van der Waals surface area contributed by atoms with Crippen molar-refractivity contribution in [3.05, 3.63) is 106 Å². The van der Waals surface area contributed by atoms with Crippen LogP contribution in [0.5, 0.6) is 0 Å². The number of nitrogens with one attached hydrogen (secondary N) is 3. The predicted octanol–water partition coefficient (Wildman–Crippen LogP) is 3.47. The van der Waals surface area contributed by atoms with Gasteiger partial charge in [-0.05, 0) is 17.0 Å². The molecule has 0 spiro atoms. The first-order valence-corrected chi connectivity index (χ1v) is 15.3. The monoisotopic (exact) mass is 614 g/mol. The number of benzene rings is 2. The van der Waals surface area contributed by atoms with Gasteiger partial charge in [0, 0.05) is 24.9 Å². The zero-order chi connectivity index (χ0) is 31.1. The summed E-state index contributed by atoms with van der Waals surface area (Å²) < 4.78 is 5.69. The van der Waals surface area contributed by atoms with Gasteiger partial charge in [0.15, 0.2) is 5.69 Å². The van der Waals surface area contributed by atoms with Gasteiger partial charge in [-0.2, -0.15) is 0 Å². The van der Waals surface area contributed by atoms with Gasteiger partial charge in [0.2, 0.25) is 17.7 Å². The van der Waals surface area contributed by atoms with Crippen molar-refractivity contribution in [3.8, 4) is 0 Å². The molecule has 228 valence electrons. The quantitative estimate of drug-likeness (QED) is 0.312. The van der Waals surface area contributed by atoms with Crippen molar-refractivity contribution in [1.82, 2.24) is 30.8 Å². The van der Waals surface area contributed by atoms with Gasteiger partial charge >= 0.3 is 0 Å². The highest BCUT2D eigenvalue weighted by Gasteiger charge is 2.28. The Morgan fingerprint density at radius 1 is 0.955 bits per heavy atom. The molecule has 44 heavy (non-hydrogen) atoms. The van der Waals surface area contributed by atoms with Crippen LogP contribution in [0.4, 0.5) is 0 Å². The summed E-state index contributed by atoms with van der Waals surface area (Å²) in [6, 6.07) is 17.6. The molecule has 2 aromatic heterocycles. The predicted molar refractivity (Wildman–Crippen MR) is 164 cm³/mol. The number of nitrogens with zero attached hydrogens (tertiary/aromatic N) is 3. The van der Waals surface area contributed by atoms with Crippen LogP contribution in [-0.4, -0.2) is 58.1 Å². The number of carbonyl (C=O) groups is 4. The van der Waals surface area contributed by atoms with E-state index in [-0.39, 0.29) is 61.1 Å². The van der Waals surface area contributed by atoms with Crippen molar-refractivity contribution in [1.29, 1.82) is 0 Å². The summed E-state index contributed by atoms with van der Waals surface area (Å²) in [5.74, 6) is -1.44. The number of aromatic nitrogens is 2. The molecule has 5 rings (SSSR count). The van der Waals surface area contributed by atoms with Crippen LogP contribution in [-0.2, 0) is 22.4 Å². The van der Waals surface area contributed by atoms with E-state index in [1.807, 2.05) is 74.5 Å². The molecule has 0 aliphatic carbocycles. The minimum atomic E-state index is -0.679. The molecule has 4 aromatic rings. The third-order valence-corrected chi connectivity index (χ3v) is 8.12. The molecule has 4 bridgehead atoms. The molecule has 2 aromatic carbocycles. The number of fused-ring (bicyclic) bond motifs is 4. The van der Waals surface area contributed by atoms with E-state index in [1.54, 1.807) is 5.38 Å². The van der Waals surface area contributed by atoms with Crippen molar-refractivity contribution < 1.29 is 23.6 Å². The minimum absolute atomic E-state index is 0.0315. The highest BCUT2D eigenvalue weighted by atomic mass is 32.1. The lowest BCUT2D eigenvalue weighted by atomic mass is 10.0. The second-order valence-corrected chi connectivity index (χ2v) is 11.8. The molecule has 0 saturated heterocycles. The SMILES string of the molecule is CC(C)[C@@H]1NC(=O)CN(C(=O)Cc2ccccc2)CCNC(=O)c2coc(n2)[C@H](Cc2ccccc2)NC(=O)c2csc1n2. The third-order valence-electron chi connectivity index (χ3n) is 7.20. The first-order valence-electron chi connectivity index (χ1n) is 14.4. The normalized spacial score (nSPS) is 18.2. The van der Waals surface area contributed by atoms with E-state index in [9.17, 15) is 19.2 Å². The molecule has 0 saturated carbocycles. The molecule has 12 heteroatoms. The first kappa shape index (κ1) is 30.6. The number of hydrogen-bond donors (Lipinski definition) is 3. The molecule has 0 unspecified atom stereocenters. The second-order valence-electron chi connectivity index (χ2n) is 10.9. The lowest BCUT2D eigenvalue weighted by Gasteiger charge is -2.25. The zero-order valence-corrected chi connectivity index (χ0v) is 25.3. The van der Waals surface area contributed by atoms with Gasteiger partial charge in [0.05, 0.1) is 19.0 Å². The Bertz CT molecular complexity index is 1600. The summed E-state index contributed by atoms with van der Waals surface area (Å²) in [5, 5.41) is 10.9. The number of rotatable bonds is 5. The summed E-state index contributed by atoms with van der Waals surface area (Å²) >= 11 is 1.27. The average molecular weight is 615 g/mol. The molecule has 11 nitrogen and oxygen atoms in total. The topological polar surface area (TPSA) is 147 Å². The van der Waals surface area contributed by atoms with Crippen LogP contribution in [0.2, 0.25) is 0 Å². The number of thiazole rings is 1. The first-order chi connectivity index (χ1) is 21.3. The van der Waals surface area contributed by atoms with E-state index in [1.165, 1.54) is 22.5 Å². The molecule has 2 atom stereocenters. The van der Waals surface area contributed by atoms with Gasteiger partial charge < -0.3 is 25.3 Å². The highest BCUT2D eigenvalue weighted by molar-refractivity contribution is 7.09. The fourth-order valence-electron chi connectivity index (χ4n) is 4.84. The van der Waals surface area contributed by atoms with Gasteiger partial charge in [0.1, 0.15) is 23.0 Å². The number of hydrogen-bond acceptors (Lipinski definition) is 8. The van der Waals surface area contributed by atoms with Crippen molar-refractivity contribution >= 4 is 35.0 Å². The van der Waals surface area contributed by atoms with E-state index < -0.39 is 23.9 Å². The molecule has 3 heterocycles. The van der Waals surface area contributed by atoms with Crippen LogP contribution in [0, 0.1) is 5.92 Å². The van der Waals surface area contributed by atoms with E-state index in [0.29, 0.717) is 11.4 Å². The van der Waals surface area contributed by atoms with E-state index >= 15 is 0 Å². The van der Waals surface area contributed by atoms with Gasteiger partial charge in [-0.1, -0.05) is 74.5 Å². The van der Waals surface area contributed by atoms with Crippen LogP contribution in [0.25, 0.3) is 0 Å². The fraction of sp³-hybridized carbons (Fsp3) is 0.312. The summed E-state index contributed by atoms with van der Waals surface area (Å²) in [6.45, 7) is 3.88. The van der Waals surface area contributed by atoms with E-state index in [4.69, 9.17) is 4.42 Å². The zero-order valence-electron chi connectivity index (χ0n) is 24.5. The molecular weight excluding hydrogens is 580 g/mol. The van der Waals surface area contributed by atoms with Crippen LogP contribution in [0.1, 0.15) is 68.9 Å². The van der Waals surface area contributed by atoms with Gasteiger partial charge in [-0.25, -0.2) is 9.97 Å². The fourth-order valence-corrected chi connectivity index (χ4v) is 5.86. The Morgan fingerprint density at radius 3 is 2.36 bits per heavy atom. The molecule has 1 aliphatic heterocycles. The van der Waals surface area contributed by atoms with Crippen LogP contribution >= 0.6 is 11.3 Å². The Hall–Kier alpha value is -4.84. The van der Waals surface area contributed by atoms with Crippen LogP contribution < -0.4 is 16.0 Å². The van der Waals surface area contributed by atoms with Crippen LogP contribution in [0.15, 0.2) is 76.7 Å². The minimum Gasteiger partial charge on any atom is -0.446 e. The maximum atomic E-state index is 13.4. The Balaban J connectivity index is 1.44. The smallest absolute Gasteiger partial charge is 0.273 e. The molecule has 4 amide bonds. The maximum absolute atomic E-state index is 13.4. The second kappa shape index (κ2) is 14.1. The molecule has 0 radical (unpaired) electrons. The van der Waals surface area contributed by atoms with Gasteiger partial charge in [-0.15, -0.1) is 11.3 Å². The summed E-state index contributed by atoms with van der Waals surface area (Å²) in [4.78, 5) is 63.3. The Labute approximate surface area is 259 Å². The van der Waals surface area contributed by atoms with Crippen molar-refractivity contribution in [2.75, 3.05) is 19.6 Å².